The minimum Gasteiger partial charge on any atom is -0.458 e. The van der Waals surface area contributed by atoms with Crippen molar-refractivity contribution in [3.63, 3.8) is 0 Å². The van der Waals surface area contributed by atoms with E-state index in [2.05, 4.69) is 10.2 Å². The second kappa shape index (κ2) is 4.61. The number of nitrogens with zero attached hydrogens (tertiary/aromatic N) is 1. The van der Waals surface area contributed by atoms with Crippen molar-refractivity contribution in [1.82, 2.24) is 10.2 Å². The first-order valence-corrected chi connectivity index (χ1v) is 5.02. The molecule has 1 N–H and O–H groups in total. The van der Waals surface area contributed by atoms with E-state index in [1.54, 1.807) is 24.4 Å². The number of carbonyl (C=O) groups excluding carboxylic acids is 1. The van der Waals surface area contributed by atoms with E-state index in [0.717, 1.165) is 10.9 Å². The number of hydrogen-bond acceptors (Lipinski definition) is 3. The van der Waals surface area contributed by atoms with Gasteiger partial charge in [0.15, 0.2) is 0 Å². The Balaban J connectivity index is 2.16. The highest BCUT2D eigenvalue weighted by Crippen LogP contribution is 2.13. The lowest BCUT2D eigenvalue weighted by molar-refractivity contribution is 0.0549. The molecule has 0 saturated heterocycles. The maximum absolute atomic E-state index is 11.6. The van der Waals surface area contributed by atoms with Crippen LogP contribution in [0.15, 0.2) is 36.5 Å². The summed E-state index contributed by atoms with van der Waals surface area (Å²) in [5.74, 6) is -0.324. The molecule has 82 valence electrons. The quantitative estimate of drug-likeness (QED) is 0.632. The molecule has 0 aliphatic rings. The van der Waals surface area contributed by atoms with Crippen molar-refractivity contribution < 1.29 is 9.53 Å². The maximum atomic E-state index is 11.6. The Labute approximate surface area is 92.9 Å². The number of fused-ring (bicyclic) bond motifs is 1. The number of rotatable bonds is 3. The van der Waals surface area contributed by atoms with Crippen LogP contribution in [0.25, 0.3) is 10.9 Å². The third-order valence-corrected chi connectivity index (χ3v) is 2.22. The van der Waals surface area contributed by atoms with E-state index < -0.39 is 0 Å². The zero-order valence-electron chi connectivity index (χ0n) is 8.93. The highest BCUT2D eigenvalue weighted by molar-refractivity contribution is 5.94. The standard InChI is InChI=1S/C12H12N2O2/c1-2-3-6-16-12(15)9-4-5-10-8-13-14-11(10)7-9/h2-5,7-8H,6H2,1H3,(H,13,14)/b3-2+. The zero-order chi connectivity index (χ0) is 11.4. The van der Waals surface area contributed by atoms with Crippen molar-refractivity contribution >= 4 is 16.9 Å². The van der Waals surface area contributed by atoms with E-state index in [9.17, 15) is 4.79 Å². The molecule has 0 bridgehead atoms. The van der Waals surface area contributed by atoms with Gasteiger partial charge in [0.2, 0.25) is 0 Å². The summed E-state index contributed by atoms with van der Waals surface area (Å²) in [5, 5.41) is 7.68. The Morgan fingerprint density at radius 3 is 3.25 bits per heavy atom. The van der Waals surface area contributed by atoms with Crippen LogP contribution in [0, 0.1) is 0 Å². The molecule has 2 rings (SSSR count). The van der Waals surface area contributed by atoms with Crippen LogP contribution in [-0.4, -0.2) is 22.8 Å². The first-order valence-electron chi connectivity index (χ1n) is 5.02. The summed E-state index contributed by atoms with van der Waals surface area (Å²) in [7, 11) is 0. The van der Waals surface area contributed by atoms with Crippen LogP contribution < -0.4 is 0 Å². The Morgan fingerprint density at radius 1 is 1.56 bits per heavy atom. The first-order chi connectivity index (χ1) is 7.81. The summed E-state index contributed by atoms with van der Waals surface area (Å²) in [6.07, 6.45) is 5.34. The molecule has 1 aromatic heterocycles. The van der Waals surface area contributed by atoms with Crippen molar-refractivity contribution in [3.05, 3.63) is 42.1 Å². The smallest absolute Gasteiger partial charge is 0.338 e. The van der Waals surface area contributed by atoms with Gasteiger partial charge in [-0.25, -0.2) is 4.79 Å². The minimum atomic E-state index is -0.324. The number of nitrogens with one attached hydrogen (secondary N) is 1. The van der Waals surface area contributed by atoms with Crippen LogP contribution in [0.4, 0.5) is 0 Å². The number of hydrogen-bond donors (Lipinski definition) is 1. The zero-order valence-corrected chi connectivity index (χ0v) is 8.93. The predicted molar refractivity (Wildman–Crippen MR) is 61.2 cm³/mol. The molecule has 0 atom stereocenters. The fourth-order valence-corrected chi connectivity index (χ4v) is 1.37. The van der Waals surface area contributed by atoms with Gasteiger partial charge in [0.05, 0.1) is 17.3 Å². The van der Waals surface area contributed by atoms with Gasteiger partial charge in [-0.3, -0.25) is 5.10 Å². The second-order valence-corrected chi connectivity index (χ2v) is 3.34. The van der Waals surface area contributed by atoms with E-state index in [0.29, 0.717) is 12.2 Å². The van der Waals surface area contributed by atoms with E-state index in [-0.39, 0.29) is 5.97 Å². The van der Waals surface area contributed by atoms with Crippen LogP contribution in [0.5, 0.6) is 0 Å². The van der Waals surface area contributed by atoms with Gasteiger partial charge in [-0.05, 0) is 19.1 Å². The van der Waals surface area contributed by atoms with E-state index >= 15 is 0 Å². The average molecular weight is 216 g/mol. The molecule has 0 amide bonds. The van der Waals surface area contributed by atoms with Crippen molar-refractivity contribution in [3.8, 4) is 0 Å². The van der Waals surface area contributed by atoms with Crippen LogP contribution in [-0.2, 0) is 4.74 Å². The molecule has 0 spiro atoms. The molecule has 0 saturated carbocycles. The number of benzene rings is 1. The molecule has 0 fully saturated rings. The summed E-state index contributed by atoms with van der Waals surface area (Å²) >= 11 is 0. The minimum absolute atomic E-state index is 0.302. The lowest BCUT2D eigenvalue weighted by atomic mass is 10.2. The lowest BCUT2D eigenvalue weighted by Crippen LogP contribution is -2.04. The molecular weight excluding hydrogens is 204 g/mol. The van der Waals surface area contributed by atoms with Gasteiger partial charge in [-0.15, -0.1) is 0 Å². The average Bonchev–Trinajstić information content (AvgIpc) is 2.76. The molecule has 2 aromatic rings. The number of carbonyl (C=O) groups is 1. The van der Waals surface area contributed by atoms with Gasteiger partial charge in [-0.2, -0.15) is 5.10 Å². The molecule has 0 aliphatic heterocycles. The van der Waals surface area contributed by atoms with Crippen molar-refractivity contribution in [2.45, 2.75) is 6.92 Å². The highest BCUT2D eigenvalue weighted by Gasteiger charge is 2.07. The van der Waals surface area contributed by atoms with E-state index in [1.165, 1.54) is 0 Å². The van der Waals surface area contributed by atoms with Gasteiger partial charge < -0.3 is 4.74 Å². The Morgan fingerprint density at radius 2 is 2.44 bits per heavy atom. The Kier molecular flexibility index (Phi) is 3.00. The molecule has 1 aromatic carbocycles. The third kappa shape index (κ3) is 2.11. The fraction of sp³-hybridized carbons (Fsp3) is 0.167. The Bertz CT molecular complexity index is 529. The number of aromatic amines is 1. The number of esters is 1. The Hall–Kier alpha value is -2.10. The number of allylic oxidation sites excluding steroid dienone is 1. The first kappa shape index (κ1) is 10.4. The third-order valence-electron chi connectivity index (χ3n) is 2.22. The van der Waals surface area contributed by atoms with Crippen molar-refractivity contribution in [2.24, 2.45) is 0 Å². The summed E-state index contributed by atoms with van der Waals surface area (Å²) in [5.41, 5.74) is 1.36. The molecule has 0 aliphatic carbocycles. The fourth-order valence-electron chi connectivity index (χ4n) is 1.37. The topological polar surface area (TPSA) is 55.0 Å². The van der Waals surface area contributed by atoms with E-state index in [4.69, 9.17) is 4.74 Å². The van der Waals surface area contributed by atoms with Crippen LogP contribution in [0.2, 0.25) is 0 Å². The van der Waals surface area contributed by atoms with Crippen molar-refractivity contribution in [2.75, 3.05) is 6.61 Å². The van der Waals surface area contributed by atoms with Crippen LogP contribution in [0.1, 0.15) is 17.3 Å². The van der Waals surface area contributed by atoms with Gasteiger partial charge >= 0.3 is 5.97 Å². The van der Waals surface area contributed by atoms with E-state index in [1.807, 2.05) is 19.1 Å². The monoisotopic (exact) mass is 216 g/mol. The van der Waals surface area contributed by atoms with Crippen LogP contribution in [0.3, 0.4) is 0 Å². The van der Waals surface area contributed by atoms with Gasteiger partial charge in [-0.1, -0.05) is 18.2 Å². The van der Waals surface area contributed by atoms with Gasteiger partial charge in [0.1, 0.15) is 6.61 Å². The van der Waals surface area contributed by atoms with Crippen molar-refractivity contribution in [1.29, 1.82) is 0 Å². The molecule has 0 unspecified atom stereocenters. The SMILES string of the molecule is C/C=C/COC(=O)c1ccc2cn[nH]c2c1. The molecule has 16 heavy (non-hydrogen) atoms. The normalized spacial score (nSPS) is 11.1. The maximum Gasteiger partial charge on any atom is 0.338 e. The molecular formula is C12H12N2O2. The highest BCUT2D eigenvalue weighted by atomic mass is 16.5. The van der Waals surface area contributed by atoms with Gasteiger partial charge in [0, 0.05) is 5.39 Å². The summed E-state index contributed by atoms with van der Waals surface area (Å²) in [6.45, 7) is 2.18. The second-order valence-electron chi connectivity index (χ2n) is 3.34. The predicted octanol–water partition coefficient (Wildman–Crippen LogP) is 2.30. The van der Waals surface area contributed by atoms with Crippen LogP contribution >= 0.6 is 0 Å². The summed E-state index contributed by atoms with van der Waals surface area (Å²) in [4.78, 5) is 11.6. The van der Waals surface area contributed by atoms with Gasteiger partial charge in [0.25, 0.3) is 0 Å². The lowest BCUT2D eigenvalue weighted by Gasteiger charge is -2.01. The molecule has 0 radical (unpaired) electrons. The number of H-pyrrole nitrogens is 1. The largest absolute Gasteiger partial charge is 0.458 e. The molecule has 4 nitrogen and oxygen atoms in total. The number of aromatic nitrogens is 2. The molecule has 4 heteroatoms. The summed E-state index contributed by atoms with van der Waals surface area (Å²) < 4.78 is 5.03. The summed E-state index contributed by atoms with van der Waals surface area (Å²) in [6, 6.07) is 5.31. The number of ether oxygens (including phenoxy) is 1. The molecule has 1 heterocycles.